The molecule has 8 fully saturated rings. The van der Waals surface area contributed by atoms with Crippen molar-refractivity contribution >= 4 is 6.09 Å². The number of benzene rings is 5. The molecule has 0 radical (unpaired) electrons. The summed E-state index contributed by atoms with van der Waals surface area (Å²) in [7, 11) is 0. The average molecular weight is 1000 g/mol. The molecule has 5 aromatic carbocycles. The Balaban J connectivity index is 1.16. The van der Waals surface area contributed by atoms with Crippen LogP contribution in [0.5, 0.6) is 17.2 Å². The molecule has 2 heterocycles. The van der Waals surface area contributed by atoms with Gasteiger partial charge in [0, 0.05) is 22.3 Å². The Kier molecular flexibility index (Phi) is 11.4. The smallest absolute Gasteiger partial charge is 0.488 e. The maximum Gasteiger partial charge on any atom is 0.603 e. The van der Waals surface area contributed by atoms with E-state index in [2.05, 4.69) is 147 Å². The van der Waals surface area contributed by atoms with Crippen molar-refractivity contribution in [2.75, 3.05) is 0 Å². The number of carbonyl (C=O) groups excluding carboxylic acids is 1. The Hall–Kier alpha value is -5.88. The molecular weight excluding hydrogens is 923 g/mol. The Morgan fingerprint density at radius 1 is 0.493 bits per heavy atom. The first kappa shape index (κ1) is 48.7. The lowest BCUT2D eigenvalue weighted by atomic mass is 9.47. The van der Waals surface area contributed by atoms with Gasteiger partial charge in [0.25, 0.3) is 0 Å². The number of hydrogen-bond donors (Lipinski definition) is 0. The molecule has 0 unspecified atom stereocenters. The second kappa shape index (κ2) is 17.6. The minimum atomic E-state index is -0.542. The molecule has 75 heavy (non-hydrogen) atoms. The first-order valence-corrected chi connectivity index (χ1v) is 28.7. The van der Waals surface area contributed by atoms with E-state index in [1.54, 1.807) is 0 Å². The summed E-state index contributed by atoms with van der Waals surface area (Å²) in [6.07, 6.45) is 14.6. The van der Waals surface area contributed by atoms with Crippen molar-refractivity contribution < 1.29 is 28.6 Å². The largest absolute Gasteiger partial charge is 0.603 e. The fourth-order valence-electron chi connectivity index (χ4n) is 16.7. The Morgan fingerprint density at radius 3 is 1.24 bits per heavy atom. The van der Waals surface area contributed by atoms with Gasteiger partial charge in [-0.05, 0) is 207 Å². The number of rotatable bonds is 5. The van der Waals surface area contributed by atoms with Gasteiger partial charge in [-0.15, -0.1) is 0 Å². The van der Waals surface area contributed by atoms with Crippen LogP contribution in [0, 0.1) is 35.5 Å². The second-order valence-corrected chi connectivity index (χ2v) is 28.0. The summed E-state index contributed by atoms with van der Waals surface area (Å²) in [6, 6.07) is 41.2. The van der Waals surface area contributed by atoms with Crippen LogP contribution in [-0.2, 0) is 33.0 Å². The van der Waals surface area contributed by atoms with Crippen LogP contribution in [0.25, 0.3) is 44.8 Å². The minimum Gasteiger partial charge on any atom is -0.488 e. The van der Waals surface area contributed by atoms with E-state index in [9.17, 15) is 0 Å². The molecular formula is C69H78NO5+. The van der Waals surface area contributed by atoms with Crippen molar-refractivity contribution in [3.63, 3.8) is 0 Å². The number of carbonyl (C=O) groups is 1. The fourth-order valence-corrected chi connectivity index (χ4v) is 16.7. The van der Waals surface area contributed by atoms with E-state index in [1.165, 1.54) is 99.3 Å². The van der Waals surface area contributed by atoms with E-state index >= 15 is 4.79 Å². The lowest BCUT2D eigenvalue weighted by Crippen LogP contribution is -2.49. The van der Waals surface area contributed by atoms with Crippen LogP contribution >= 0.6 is 0 Å². The molecule has 1 aliphatic heterocycles. The molecule has 0 atom stereocenters. The Bertz CT molecular complexity index is 2980. The highest BCUT2D eigenvalue weighted by molar-refractivity contribution is 5.90. The maximum atomic E-state index is 15.7. The van der Waals surface area contributed by atoms with Gasteiger partial charge in [-0.25, -0.2) is 0 Å². The molecule has 15 rings (SSSR count). The standard InChI is InChI=1S/C69H78NO5/c1-65(2,3)49-29-56-52-19-13-15-21-54(52)60-33-51(73-67(7,8)9)34-61(70(60)64(71)72-41-42-17-11-10-12-18-42)55-22-16-14-20-53(55)57-30-50(66(4,5)6)32-59(69-38-46-26-47(39-69)28-48(27-46)40-69)63(57)75-74-62(56)58(31-49)68-35-43-23-44(36-68)25-45(24-43)37-68/h10-22,29-34,43-48H,23-28,35-41H2,1-9H3/q+1. The van der Waals surface area contributed by atoms with Crippen LogP contribution in [0.2, 0.25) is 0 Å². The predicted molar refractivity (Wildman–Crippen MR) is 299 cm³/mol. The van der Waals surface area contributed by atoms with Crippen LogP contribution < -0.4 is 19.1 Å². The summed E-state index contributed by atoms with van der Waals surface area (Å²) in [5.41, 5.74) is 12.1. The van der Waals surface area contributed by atoms with Gasteiger partial charge < -0.3 is 9.47 Å². The number of fused-ring (bicyclic) bond motifs is 10. The Morgan fingerprint density at radius 2 is 0.867 bits per heavy atom. The van der Waals surface area contributed by atoms with Crippen molar-refractivity contribution in [3.05, 3.63) is 143 Å². The summed E-state index contributed by atoms with van der Waals surface area (Å²) in [6.45, 7) is 20.4. The van der Waals surface area contributed by atoms with Crippen molar-refractivity contribution in [3.8, 4) is 62.0 Å². The molecule has 0 amide bonds. The van der Waals surface area contributed by atoms with Crippen molar-refractivity contribution in [2.24, 2.45) is 35.5 Å². The van der Waals surface area contributed by atoms with E-state index in [0.29, 0.717) is 52.6 Å². The zero-order chi connectivity index (χ0) is 51.8. The van der Waals surface area contributed by atoms with Gasteiger partial charge in [0.15, 0.2) is 11.5 Å². The maximum absolute atomic E-state index is 15.7. The number of pyridine rings is 1. The predicted octanol–water partition coefficient (Wildman–Crippen LogP) is 17.2. The third-order valence-electron chi connectivity index (χ3n) is 19.2. The summed E-state index contributed by atoms with van der Waals surface area (Å²) in [4.78, 5) is 30.9. The van der Waals surface area contributed by atoms with E-state index in [4.69, 9.17) is 19.2 Å². The number of hydrogen-bond acceptors (Lipinski definition) is 5. The van der Waals surface area contributed by atoms with Crippen LogP contribution in [0.4, 0.5) is 4.79 Å². The van der Waals surface area contributed by atoms with Crippen LogP contribution in [0.15, 0.2) is 115 Å². The average Bonchev–Trinajstić information content (AvgIpc) is 3.37. The van der Waals surface area contributed by atoms with E-state index < -0.39 is 11.7 Å². The lowest BCUT2D eigenvalue weighted by Gasteiger charge is -2.57. The second-order valence-electron chi connectivity index (χ2n) is 28.0. The molecule has 6 heteroatoms. The van der Waals surface area contributed by atoms with E-state index in [1.807, 2.05) is 34.9 Å². The number of ether oxygens (including phenoxy) is 2. The van der Waals surface area contributed by atoms with E-state index in [0.717, 1.165) is 50.4 Å². The molecule has 1 aromatic heterocycles. The van der Waals surface area contributed by atoms with Gasteiger partial charge in [-0.1, -0.05) is 125 Å². The number of aromatic nitrogens is 1. The lowest BCUT2D eigenvalue weighted by molar-refractivity contribution is -0.563. The zero-order valence-corrected chi connectivity index (χ0v) is 46.1. The van der Waals surface area contributed by atoms with Crippen LogP contribution in [0.1, 0.15) is 167 Å². The van der Waals surface area contributed by atoms with Crippen LogP contribution in [0.3, 0.4) is 0 Å². The first-order valence-electron chi connectivity index (χ1n) is 28.7. The summed E-state index contributed by atoms with van der Waals surface area (Å²) in [5.74, 6) is 6.59. The number of nitrogens with zero attached hydrogens (tertiary/aromatic N) is 1. The molecule has 8 aliphatic carbocycles. The normalized spacial score (nSPS) is 27.1. The monoisotopic (exact) mass is 1000 g/mol. The van der Waals surface area contributed by atoms with Gasteiger partial charge in [-0.3, -0.25) is 9.78 Å². The van der Waals surface area contributed by atoms with Gasteiger partial charge in [0.2, 0.25) is 11.4 Å². The molecule has 0 spiro atoms. The van der Waals surface area contributed by atoms with Gasteiger partial charge in [-0.2, -0.15) is 4.79 Å². The molecule has 6 aromatic rings. The molecule has 0 saturated heterocycles. The molecule has 6 nitrogen and oxygen atoms in total. The Labute approximate surface area is 446 Å². The summed E-state index contributed by atoms with van der Waals surface area (Å²) >= 11 is 0. The van der Waals surface area contributed by atoms with Crippen LogP contribution in [-0.4, -0.2) is 11.7 Å². The minimum absolute atomic E-state index is 0.0462. The highest BCUT2D eigenvalue weighted by Crippen LogP contribution is 2.65. The van der Waals surface area contributed by atoms with Gasteiger partial charge in [0.05, 0.1) is 23.3 Å². The third kappa shape index (κ3) is 8.69. The highest BCUT2D eigenvalue weighted by atomic mass is 17.2. The molecule has 9 aliphatic rings. The van der Waals surface area contributed by atoms with Gasteiger partial charge >= 0.3 is 6.09 Å². The quantitative estimate of drug-likeness (QED) is 0.127. The molecule has 8 saturated carbocycles. The third-order valence-corrected chi connectivity index (χ3v) is 19.2. The SMILES string of the molecule is CC(C)(C)Oc1cc2[n+](C(=O)OCc3ccccc3)c(c1)-c1ccccc1-c1cc(C(C)(C)C)cc(C34CC5CC(CC(C5)C3)C4)c1OOc1c(cc(C(C)(C)C)cc1C13CC4CC(CC(C4)C1)C3)-c1ccccc1-2. The topological polar surface area (TPSA) is 57.9 Å². The first-order chi connectivity index (χ1) is 35.8. The summed E-state index contributed by atoms with van der Waals surface area (Å²) in [5, 5.41) is 0. The molecule has 388 valence electrons. The molecule has 10 bridgehead atoms. The highest BCUT2D eigenvalue weighted by Gasteiger charge is 2.55. The van der Waals surface area contributed by atoms with Crippen molar-refractivity contribution in [1.82, 2.24) is 0 Å². The molecule has 0 N–H and O–H groups in total. The zero-order valence-electron chi connectivity index (χ0n) is 46.1. The fraction of sp³-hybridized carbons (Fsp3) is 0.478. The van der Waals surface area contributed by atoms with Crippen molar-refractivity contribution in [1.29, 1.82) is 0 Å². The summed E-state index contributed by atoms with van der Waals surface area (Å²) < 4.78 is 15.3. The van der Waals surface area contributed by atoms with E-state index in [-0.39, 0.29) is 28.3 Å². The van der Waals surface area contributed by atoms with Crippen molar-refractivity contribution in [2.45, 2.75) is 173 Å². The van der Waals surface area contributed by atoms with Gasteiger partial charge in [0.1, 0.15) is 18.0 Å².